The van der Waals surface area contributed by atoms with Crippen LogP contribution in [0.5, 0.6) is 0 Å². The Bertz CT molecular complexity index is 377. The van der Waals surface area contributed by atoms with Gasteiger partial charge in [-0.15, -0.1) is 0 Å². The SMILES string of the molecule is CC(=O)O.CC/C=C\C/C=C\C/C=C\CCCCCCCC(=O)O. The summed E-state index contributed by atoms with van der Waals surface area (Å²) in [6.07, 6.45) is 23.4. The molecule has 0 radical (unpaired) electrons. The second-order valence-corrected chi connectivity index (χ2v) is 5.51. The molecule has 0 saturated heterocycles. The number of aliphatic carboxylic acids is 2. The molecule has 2 N–H and O–H groups in total. The van der Waals surface area contributed by atoms with Crippen molar-refractivity contribution in [3.8, 4) is 0 Å². The molecular formula is C20H34O4. The van der Waals surface area contributed by atoms with Crippen LogP contribution in [-0.2, 0) is 9.59 Å². The molecule has 138 valence electrons. The zero-order valence-electron chi connectivity index (χ0n) is 15.2. The zero-order chi connectivity index (χ0) is 18.5. The predicted octanol–water partition coefficient (Wildman–Crippen LogP) is 5.75. The lowest BCUT2D eigenvalue weighted by molar-refractivity contribution is -0.137. The van der Waals surface area contributed by atoms with Crippen molar-refractivity contribution in [1.29, 1.82) is 0 Å². The molecule has 4 nitrogen and oxygen atoms in total. The lowest BCUT2D eigenvalue weighted by Gasteiger charge is -1.98. The highest BCUT2D eigenvalue weighted by atomic mass is 16.4. The highest BCUT2D eigenvalue weighted by Crippen LogP contribution is 2.07. The van der Waals surface area contributed by atoms with Gasteiger partial charge in [0.05, 0.1) is 0 Å². The largest absolute Gasteiger partial charge is 0.481 e. The third-order valence-electron chi connectivity index (χ3n) is 3.04. The molecule has 0 heterocycles. The van der Waals surface area contributed by atoms with Gasteiger partial charge in [-0.2, -0.15) is 0 Å². The third-order valence-corrected chi connectivity index (χ3v) is 3.04. The second kappa shape index (κ2) is 21.2. The molecule has 0 bridgehead atoms. The molecule has 0 aromatic carbocycles. The molecule has 0 aliphatic carbocycles. The third kappa shape index (κ3) is 32.2. The van der Waals surface area contributed by atoms with Gasteiger partial charge in [0, 0.05) is 13.3 Å². The van der Waals surface area contributed by atoms with Crippen molar-refractivity contribution in [2.45, 2.75) is 78.1 Å². The number of carbonyl (C=O) groups is 2. The normalized spacial score (nSPS) is 11.1. The van der Waals surface area contributed by atoms with E-state index in [1.165, 1.54) is 12.8 Å². The number of hydrogen-bond acceptors (Lipinski definition) is 2. The minimum absolute atomic E-state index is 0.319. The van der Waals surface area contributed by atoms with E-state index in [9.17, 15) is 4.79 Å². The van der Waals surface area contributed by atoms with Crippen molar-refractivity contribution < 1.29 is 19.8 Å². The molecular weight excluding hydrogens is 304 g/mol. The molecule has 0 unspecified atom stereocenters. The van der Waals surface area contributed by atoms with Crippen molar-refractivity contribution in [2.75, 3.05) is 0 Å². The average Bonchev–Trinajstić information content (AvgIpc) is 2.50. The van der Waals surface area contributed by atoms with Gasteiger partial charge >= 0.3 is 5.97 Å². The van der Waals surface area contributed by atoms with E-state index in [0.717, 1.165) is 51.9 Å². The number of allylic oxidation sites excluding steroid dienone is 6. The van der Waals surface area contributed by atoms with E-state index in [1.54, 1.807) is 0 Å². The van der Waals surface area contributed by atoms with Crippen molar-refractivity contribution in [1.82, 2.24) is 0 Å². The smallest absolute Gasteiger partial charge is 0.303 e. The topological polar surface area (TPSA) is 74.6 Å². The summed E-state index contributed by atoms with van der Waals surface area (Å²) < 4.78 is 0. The zero-order valence-corrected chi connectivity index (χ0v) is 15.2. The van der Waals surface area contributed by atoms with Gasteiger partial charge in [-0.05, 0) is 38.5 Å². The second-order valence-electron chi connectivity index (χ2n) is 5.51. The number of carboxylic acids is 2. The average molecular weight is 338 g/mol. The van der Waals surface area contributed by atoms with Crippen molar-refractivity contribution in [3.05, 3.63) is 36.5 Å². The summed E-state index contributed by atoms with van der Waals surface area (Å²) in [5, 5.41) is 15.9. The summed E-state index contributed by atoms with van der Waals surface area (Å²) in [5.41, 5.74) is 0. The molecule has 24 heavy (non-hydrogen) atoms. The fourth-order valence-electron chi connectivity index (χ4n) is 1.90. The van der Waals surface area contributed by atoms with Crippen LogP contribution < -0.4 is 0 Å². The van der Waals surface area contributed by atoms with Gasteiger partial charge in [0.15, 0.2) is 0 Å². The minimum Gasteiger partial charge on any atom is -0.481 e. The van der Waals surface area contributed by atoms with E-state index in [4.69, 9.17) is 15.0 Å². The van der Waals surface area contributed by atoms with Crippen LogP contribution in [0.4, 0.5) is 0 Å². The highest BCUT2D eigenvalue weighted by molar-refractivity contribution is 5.66. The van der Waals surface area contributed by atoms with E-state index in [1.807, 2.05) is 0 Å². The molecule has 0 rings (SSSR count). The molecule has 4 heteroatoms. The lowest BCUT2D eigenvalue weighted by Crippen LogP contribution is -1.93. The Kier molecular flexibility index (Phi) is 21.5. The number of unbranched alkanes of at least 4 members (excludes halogenated alkanes) is 5. The van der Waals surface area contributed by atoms with Crippen molar-refractivity contribution in [3.63, 3.8) is 0 Å². The van der Waals surface area contributed by atoms with Crippen LogP contribution in [0.2, 0.25) is 0 Å². The van der Waals surface area contributed by atoms with Gasteiger partial charge < -0.3 is 10.2 Å². The molecule has 0 aliphatic rings. The molecule has 0 spiro atoms. The van der Waals surface area contributed by atoms with Gasteiger partial charge in [-0.3, -0.25) is 9.59 Å². The van der Waals surface area contributed by atoms with Crippen LogP contribution in [0.3, 0.4) is 0 Å². The van der Waals surface area contributed by atoms with Gasteiger partial charge in [-0.25, -0.2) is 0 Å². The highest BCUT2D eigenvalue weighted by Gasteiger charge is 1.95. The summed E-state index contributed by atoms with van der Waals surface area (Å²) in [4.78, 5) is 19.3. The molecule has 0 aromatic rings. The maximum atomic E-state index is 10.3. The Morgan fingerprint density at radius 2 is 1.21 bits per heavy atom. The predicted molar refractivity (Wildman–Crippen MR) is 100 cm³/mol. The fraction of sp³-hybridized carbons (Fsp3) is 0.600. The molecule has 0 atom stereocenters. The number of rotatable bonds is 13. The molecule has 0 aliphatic heterocycles. The van der Waals surface area contributed by atoms with Crippen LogP contribution in [-0.4, -0.2) is 22.2 Å². The molecule has 0 fully saturated rings. The minimum atomic E-state index is -0.833. The van der Waals surface area contributed by atoms with Gasteiger partial charge in [-0.1, -0.05) is 62.6 Å². The van der Waals surface area contributed by atoms with Crippen LogP contribution in [0.15, 0.2) is 36.5 Å². The van der Waals surface area contributed by atoms with Crippen molar-refractivity contribution >= 4 is 11.9 Å². The fourth-order valence-corrected chi connectivity index (χ4v) is 1.90. The monoisotopic (exact) mass is 338 g/mol. The summed E-state index contributed by atoms with van der Waals surface area (Å²) in [6.45, 7) is 3.23. The van der Waals surface area contributed by atoms with Crippen LogP contribution in [0.25, 0.3) is 0 Å². The Balaban J connectivity index is 0. The lowest BCUT2D eigenvalue weighted by atomic mass is 10.1. The summed E-state index contributed by atoms with van der Waals surface area (Å²) in [6, 6.07) is 0. The van der Waals surface area contributed by atoms with Crippen LogP contribution in [0.1, 0.15) is 78.1 Å². The Morgan fingerprint density at radius 1 is 0.750 bits per heavy atom. The maximum absolute atomic E-state index is 10.3. The van der Waals surface area contributed by atoms with Crippen LogP contribution in [0, 0.1) is 0 Å². The molecule has 0 aromatic heterocycles. The van der Waals surface area contributed by atoms with Gasteiger partial charge in [0.2, 0.25) is 0 Å². The van der Waals surface area contributed by atoms with Gasteiger partial charge in [0.1, 0.15) is 0 Å². The van der Waals surface area contributed by atoms with Crippen LogP contribution >= 0.6 is 0 Å². The Hall–Kier alpha value is -1.84. The first kappa shape index (κ1) is 24.4. The number of hydrogen-bond donors (Lipinski definition) is 2. The molecule has 0 amide bonds. The Labute approximate surface area is 147 Å². The first-order valence-electron chi connectivity index (χ1n) is 8.87. The van der Waals surface area contributed by atoms with E-state index >= 15 is 0 Å². The van der Waals surface area contributed by atoms with E-state index in [0.29, 0.717) is 6.42 Å². The quantitative estimate of drug-likeness (QED) is 0.331. The van der Waals surface area contributed by atoms with Crippen molar-refractivity contribution in [2.24, 2.45) is 0 Å². The van der Waals surface area contributed by atoms with E-state index in [-0.39, 0.29) is 0 Å². The molecule has 0 saturated carbocycles. The number of carboxylic acid groups (broad SMARTS) is 2. The first-order valence-corrected chi connectivity index (χ1v) is 8.87. The Morgan fingerprint density at radius 3 is 1.75 bits per heavy atom. The maximum Gasteiger partial charge on any atom is 0.303 e. The van der Waals surface area contributed by atoms with Gasteiger partial charge in [0.25, 0.3) is 5.97 Å². The summed E-state index contributed by atoms with van der Waals surface area (Å²) in [7, 11) is 0. The standard InChI is InChI=1S/C18H30O2.C2H4O2/c1-2-3-4-5-6-7-8-9-10-11-12-13-14-15-16-17-18(19)20;1-2(3)4/h3-4,6-7,9-10H,2,5,8,11-17H2,1H3,(H,19,20);1H3,(H,3,4)/b4-3-,7-6-,10-9-;. The first-order chi connectivity index (χ1) is 11.5. The van der Waals surface area contributed by atoms with E-state index < -0.39 is 11.9 Å². The summed E-state index contributed by atoms with van der Waals surface area (Å²) in [5.74, 6) is -1.51. The summed E-state index contributed by atoms with van der Waals surface area (Å²) >= 11 is 0. The van der Waals surface area contributed by atoms with E-state index in [2.05, 4.69) is 43.4 Å².